The van der Waals surface area contributed by atoms with Gasteiger partial charge in [-0.1, -0.05) is 24.3 Å². The second-order valence-electron chi connectivity index (χ2n) is 6.95. The summed E-state index contributed by atoms with van der Waals surface area (Å²) >= 11 is 0. The van der Waals surface area contributed by atoms with Crippen LogP contribution in [0.5, 0.6) is 0 Å². The van der Waals surface area contributed by atoms with E-state index in [1.165, 1.54) is 12.7 Å². The second kappa shape index (κ2) is 6.45. The Morgan fingerprint density at radius 3 is 2.50 bits per heavy atom. The first-order valence-corrected chi connectivity index (χ1v) is 8.85. The maximum Gasteiger partial charge on any atom is 0.337 e. The van der Waals surface area contributed by atoms with E-state index in [0.29, 0.717) is 17.4 Å². The van der Waals surface area contributed by atoms with Crippen LogP contribution >= 0.6 is 0 Å². The number of hydrogen-bond acceptors (Lipinski definition) is 4. The summed E-state index contributed by atoms with van der Waals surface area (Å²) in [6.07, 6.45) is 5.47. The number of carbonyl (C=O) groups excluding carboxylic acids is 2. The molecule has 1 aliphatic heterocycles. The maximum atomic E-state index is 11.7. The number of esters is 1. The summed E-state index contributed by atoms with van der Waals surface area (Å²) in [5.41, 5.74) is 4.73. The summed E-state index contributed by atoms with van der Waals surface area (Å²) in [6.45, 7) is 1.60. The van der Waals surface area contributed by atoms with Crippen molar-refractivity contribution in [3.8, 4) is 0 Å². The fraction of sp³-hybridized carbons (Fsp3) is 0.273. The van der Waals surface area contributed by atoms with Crippen molar-refractivity contribution in [2.75, 3.05) is 12.4 Å². The van der Waals surface area contributed by atoms with Gasteiger partial charge >= 0.3 is 5.97 Å². The lowest BCUT2D eigenvalue weighted by Gasteiger charge is -2.37. The van der Waals surface area contributed by atoms with Gasteiger partial charge in [-0.3, -0.25) is 4.79 Å². The van der Waals surface area contributed by atoms with Gasteiger partial charge < -0.3 is 10.1 Å². The number of ketones is 1. The lowest BCUT2D eigenvalue weighted by Crippen LogP contribution is -2.29. The molecule has 0 spiro atoms. The second-order valence-corrected chi connectivity index (χ2v) is 6.95. The third-order valence-corrected chi connectivity index (χ3v) is 5.46. The number of benzene rings is 2. The molecule has 3 atom stereocenters. The molecule has 1 N–H and O–H groups in total. The van der Waals surface area contributed by atoms with E-state index in [2.05, 4.69) is 17.5 Å². The first kappa shape index (κ1) is 16.6. The number of fused-ring (bicyclic) bond motifs is 3. The van der Waals surface area contributed by atoms with Crippen LogP contribution in [-0.4, -0.2) is 18.9 Å². The van der Waals surface area contributed by atoms with E-state index in [9.17, 15) is 9.59 Å². The first-order valence-electron chi connectivity index (χ1n) is 8.85. The van der Waals surface area contributed by atoms with Gasteiger partial charge in [0.25, 0.3) is 0 Å². The van der Waals surface area contributed by atoms with E-state index in [1.807, 2.05) is 42.5 Å². The van der Waals surface area contributed by atoms with Crippen molar-refractivity contribution in [3.63, 3.8) is 0 Å². The number of carbonyl (C=O) groups is 2. The first-order chi connectivity index (χ1) is 12.6. The highest BCUT2D eigenvalue weighted by atomic mass is 16.5. The number of hydrogen-bond donors (Lipinski definition) is 1. The van der Waals surface area contributed by atoms with Gasteiger partial charge in [-0.15, -0.1) is 0 Å². The zero-order chi connectivity index (χ0) is 18.3. The predicted molar refractivity (Wildman–Crippen MR) is 101 cm³/mol. The van der Waals surface area contributed by atoms with Gasteiger partial charge in [-0.25, -0.2) is 4.79 Å². The summed E-state index contributed by atoms with van der Waals surface area (Å²) in [4.78, 5) is 23.4. The minimum atomic E-state index is -0.323. The fourth-order valence-corrected chi connectivity index (χ4v) is 4.09. The molecule has 0 aromatic heterocycles. The summed E-state index contributed by atoms with van der Waals surface area (Å²) < 4.78 is 4.78. The van der Waals surface area contributed by atoms with E-state index in [1.54, 1.807) is 6.92 Å². The Balaban J connectivity index is 1.69. The van der Waals surface area contributed by atoms with E-state index < -0.39 is 0 Å². The molecule has 0 amide bonds. The summed E-state index contributed by atoms with van der Waals surface area (Å²) in [6, 6.07) is 13.7. The molecule has 2 aromatic rings. The summed E-state index contributed by atoms with van der Waals surface area (Å²) in [5, 5.41) is 3.65. The van der Waals surface area contributed by atoms with Gasteiger partial charge in [0.1, 0.15) is 0 Å². The van der Waals surface area contributed by atoms with Crippen LogP contribution in [0.15, 0.2) is 54.6 Å². The Morgan fingerprint density at radius 2 is 1.81 bits per heavy atom. The molecule has 0 radical (unpaired) electrons. The highest BCUT2D eigenvalue weighted by molar-refractivity contribution is 5.95. The van der Waals surface area contributed by atoms with Crippen molar-refractivity contribution in [3.05, 3.63) is 76.9 Å². The molecule has 4 nitrogen and oxygen atoms in total. The Labute approximate surface area is 152 Å². The Hall–Kier alpha value is -2.88. The van der Waals surface area contributed by atoms with Crippen LogP contribution in [0.4, 0.5) is 5.69 Å². The molecular weight excluding hydrogens is 326 g/mol. The Kier molecular flexibility index (Phi) is 4.11. The standard InChI is InChI=1S/C22H21NO3/c1-13(24)16-10-11-20-19(12-16)17-4-3-5-18(17)21(23-20)14-6-8-15(9-7-14)22(25)26-2/h3-4,6-12,17-18,21,23H,5H2,1-2H3/t17-,18+,21-/m1/s1. The molecule has 1 heterocycles. The van der Waals surface area contributed by atoms with Crippen molar-refractivity contribution in [1.29, 1.82) is 0 Å². The maximum absolute atomic E-state index is 11.7. The van der Waals surface area contributed by atoms with Crippen LogP contribution in [0.25, 0.3) is 0 Å². The van der Waals surface area contributed by atoms with E-state index in [0.717, 1.165) is 23.2 Å². The van der Waals surface area contributed by atoms with Gasteiger partial charge in [-0.05, 0) is 60.7 Å². The Morgan fingerprint density at radius 1 is 1.08 bits per heavy atom. The van der Waals surface area contributed by atoms with Crippen molar-refractivity contribution in [2.45, 2.75) is 25.3 Å². The van der Waals surface area contributed by atoms with Crippen molar-refractivity contribution < 1.29 is 14.3 Å². The highest BCUT2D eigenvalue weighted by Gasteiger charge is 2.38. The smallest absolute Gasteiger partial charge is 0.337 e. The number of Topliss-reactive ketones (excluding diaryl/α,β-unsaturated/α-hetero) is 1. The third-order valence-electron chi connectivity index (χ3n) is 5.46. The molecule has 4 rings (SSSR count). The summed E-state index contributed by atoms with van der Waals surface area (Å²) in [5.74, 6) is 0.465. The van der Waals surface area contributed by atoms with E-state index in [4.69, 9.17) is 4.74 Å². The number of allylic oxidation sites excluding steroid dienone is 2. The van der Waals surface area contributed by atoms with Crippen LogP contribution in [0.1, 0.15) is 57.1 Å². The van der Waals surface area contributed by atoms with Gasteiger partial charge in [0.2, 0.25) is 0 Å². The van der Waals surface area contributed by atoms with Crippen LogP contribution in [0.3, 0.4) is 0 Å². The molecule has 0 saturated heterocycles. The predicted octanol–water partition coefficient (Wildman–Crippen LogP) is 4.50. The van der Waals surface area contributed by atoms with Crippen molar-refractivity contribution in [2.24, 2.45) is 5.92 Å². The van der Waals surface area contributed by atoms with Crippen LogP contribution in [0, 0.1) is 5.92 Å². The molecule has 2 aromatic carbocycles. The van der Waals surface area contributed by atoms with E-state index >= 15 is 0 Å². The lowest BCUT2D eigenvalue weighted by atomic mass is 9.76. The molecule has 2 aliphatic rings. The number of methoxy groups -OCH3 is 1. The zero-order valence-corrected chi connectivity index (χ0v) is 14.9. The molecule has 4 heteroatoms. The Bertz CT molecular complexity index is 898. The van der Waals surface area contributed by atoms with Crippen molar-refractivity contribution in [1.82, 2.24) is 0 Å². The molecule has 0 unspecified atom stereocenters. The van der Waals surface area contributed by atoms with E-state index in [-0.39, 0.29) is 17.8 Å². The lowest BCUT2D eigenvalue weighted by molar-refractivity contribution is 0.0600. The monoisotopic (exact) mass is 347 g/mol. The molecular formula is C22H21NO3. The van der Waals surface area contributed by atoms with Gasteiger partial charge in [0, 0.05) is 17.2 Å². The molecule has 0 bridgehead atoms. The normalized spacial score (nSPS) is 22.9. The minimum absolute atomic E-state index is 0.0897. The van der Waals surface area contributed by atoms with Gasteiger partial charge in [-0.2, -0.15) is 0 Å². The number of rotatable bonds is 3. The topological polar surface area (TPSA) is 55.4 Å². The van der Waals surface area contributed by atoms with Crippen LogP contribution < -0.4 is 5.32 Å². The quantitative estimate of drug-likeness (QED) is 0.504. The molecule has 1 aliphatic carbocycles. The molecule has 0 fully saturated rings. The molecule has 26 heavy (non-hydrogen) atoms. The average Bonchev–Trinajstić information content (AvgIpc) is 3.16. The molecule has 132 valence electrons. The SMILES string of the molecule is COC(=O)c1ccc([C@H]2Nc3ccc(C(C)=O)cc3[C@@H]3C=CC[C@H]23)cc1. The number of nitrogens with one attached hydrogen (secondary N) is 1. The molecule has 0 saturated carbocycles. The highest BCUT2D eigenvalue weighted by Crippen LogP contribution is 2.49. The van der Waals surface area contributed by atoms with Gasteiger partial charge in [0.05, 0.1) is 18.7 Å². The van der Waals surface area contributed by atoms with Crippen LogP contribution in [-0.2, 0) is 4.74 Å². The van der Waals surface area contributed by atoms with Gasteiger partial charge in [0.15, 0.2) is 5.78 Å². The van der Waals surface area contributed by atoms with Crippen molar-refractivity contribution >= 4 is 17.4 Å². The van der Waals surface area contributed by atoms with Crippen LogP contribution in [0.2, 0.25) is 0 Å². The summed E-state index contributed by atoms with van der Waals surface area (Å²) in [7, 11) is 1.39. The average molecular weight is 347 g/mol. The number of ether oxygens (including phenoxy) is 1. The fourth-order valence-electron chi connectivity index (χ4n) is 4.09. The minimum Gasteiger partial charge on any atom is -0.465 e. The largest absolute Gasteiger partial charge is 0.465 e. The zero-order valence-electron chi connectivity index (χ0n) is 14.9. The number of anilines is 1. The third kappa shape index (κ3) is 2.71.